The summed E-state index contributed by atoms with van der Waals surface area (Å²) < 4.78 is 5.41. The van der Waals surface area contributed by atoms with Crippen LogP contribution in [0.5, 0.6) is 0 Å². The first-order valence-corrected chi connectivity index (χ1v) is 6.86. The summed E-state index contributed by atoms with van der Waals surface area (Å²) in [7, 11) is 0. The molecule has 1 aliphatic heterocycles. The first-order chi connectivity index (χ1) is 11.0. The van der Waals surface area contributed by atoms with Gasteiger partial charge in [-0.05, 0) is 6.07 Å². The van der Waals surface area contributed by atoms with Crippen LogP contribution >= 0.6 is 0 Å². The highest BCUT2D eigenvalue weighted by Gasteiger charge is 2.16. The molecule has 0 saturated carbocycles. The van der Waals surface area contributed by atoms with E-state index in [9.17, 15) is 9.59 Å². The smallest absolute Gasteiger partial charge is 0.328 e. The van der Waals surface area contributed by atoms with Gasteiger partial charge in [0.1, 0.15) is 0 Å². The van der Waals surface area contributed by atoms with Crippen molar-refractivity contribution in [1.29, 1.82) is 0 Å². The fourth-order valence-corrected chi connectivity index (χ4v) is 2.18. The molecule has 1 aromatic carbocycles. The minimum Gasteiger partial charge on any atom is -0.478 e. The molecule has 0 atom stereocenters. The van der Waals surface area contributed by atoms with Crippen LogP contribution in [0.1, 0.15) is 11.3 Å². The van der Waals surface area contributed by atoms with Crippen LogP contribution in [0.2, 0.25) is 0 Å². The molecular formula is C16H16N2O5. The number of aromatic nitrogens is 1. The monoisotopic (exact) mass is 316 g/mol. The molecular weight excluding hydrogens is 300 g/mol. The number of aliphatic carboxylic acids is 2. The van der Waals surface area contributed by atoms with E-state index in [2.05, 4.69) is 4.98 Å². The average molecular weight is 316 g/mol. The van der Waals surface area contributed by atoms with E-state index in [-0.39, 0.29) is 0 Å². The Kier molecular flexibility index (Phi) is 5.27. The van der Waals surface area contributed by atoms with Crippen molar-refractivity contribution < 1.29 is 24.5 Å². The summed E-state index contributed by atoms with van der Waals surface area (Å²) >= 11 is 0. The fourth-order valence-electron chi connectivity index (χ4n) is 2.18. The van der Waals surface area contributed by atoms with Gasteiger partial charge in [0.25, 0.3) is 0 Å². The molecule has 0 radical (unpaired) electrons. The van der Waals surface area contributed by atoms with Gasteiger partial charge in [-0.1, -0.05) is 18.2 Å². The minimum atomic E-state index is -1.26. The Morgan fingerprint density at radius 1 is 1.17 bits per heavy atom. The van der Waals surface area contributed by atoms with Gasteiger partial charge in [0, 0.05) is 35.2 Å². The third-order valence-electron chi connectivity index (χ3n) is 3.22. The SMILES string of the molecule is Nc1c2c(nc3ccccc13)CCOC2.O=C(O)/C=C/C(=O)O. The lowest BCUT2D eigenvalue weighted by Gasteiger charge is -2.18. The van der Waals surface area contributed by atoms with Gasteiger partial charge in [-0.15, -0.1) is 0 Å². The van der Waals surface area contributed by atoms with E-state index < -0.39 is 11.9 Å². The summed E-state index contributed by atoms with van der Waals surface area (Å²) in [5, 5.41) is 16.7. The van der Waals surface area contributed by atoms with Crippen molar-refractivity contribution >= 4 is 28.5 Å². The number of nitrogen functional groups attached to an aromatic ring is 1. The number of benzene rings is 1. The molecule has 2 aromatic rings. The number of fused-ring (bicyclic) bond motifs is 2. The van der Waals surface area contributed by atoms with Crippen molar-refractivity contribution in [2.24, 2.45) is 0 Å². The average Bonchev–Trinajstić information content (AvgIpc) is 2.54. The lowest BCUT2D eigenvalue weighted by molar-refractivity contribution is -0.134. The maximum atomic E-state index is 9.55. The maximum Gasteiger partial charge on any atom is 0.328 e. The summed E-state index contributed by atoms with van der Waals surface area (Å²) in [6.07, 6.45) is 1.98. The quantitative estimate of drug-likeness (QED) is 0.719. The van der Waals surface area contributed by atoms with Gasteiger partial charge < -0.3 is 20.7 Å². The number of carboxylic acids is 2. The van der Waals surface area contributed by atoms with Gasteiger partial charge in [0.05, 0.1) is 24.4 Å². The summed E-state index contributed by atoms with van der Waals surface area (Å²) in [5.74, 6) is -2.51. The second kappa shape index (κ2) is 7.37. The van der Waals surface area contributed by atoms with Gasteiger partial charge in [-0.2, -0.15) is 0 Å². The minimum absolute atomic E-state index is 0.558. The van der Waals surface area contributed by atoms with Crippen LogP contribution in [0.15, 0.2) is 36.4 Å². The van der Waals surface area contributed by atoms with Gasteiger partial charge in [0.15, 0.2) is 0 Å². The van der Waals surface area contributed by atoms with Crippen LogP contribution in [0.4, 0.5) is 5.69 Å². The number of ether oxygens (including phenoxy) is 1. The predicted molar refractivity (Wildman–Crippen MR) is 83.9 cm³/mol. The van der Waals surface area contributed by atoms with Gasteiger partial charge in [0.2, 0.25) is 0 Å². The van der Waals surface area contributed by atoms with E-state index in [0.717, 1.165) is 40.9 Å². The second-order valence-electron chi connectivity index (χ2n) is 4.78. The van der Waals surface area contributed by atoms with Gasteiger partial charge in [-0.25, -0.2) is 9.59 Å². The molecule has 4 N–H and O–H groups in total. The number of pyridine rings is 1. The number of carbonyl (C=O) groups is 2. The Morgan fingerprint density at radius 2 is 1.83 bits per heavy atom. The molecule has 0 aliphatic carbocycles. The molecule has 0 spiro atoms. The molecule has 1 aliphatic rings. The Morgan fingerprint density at radius 3 is 2.48 bits per heavy atom. The third kappa shape index (κ3) is 4.27. The molecule has 0 bridgehead atoms. The molecule has 7 heteroatoms. The lowest BCUT2D eigenvalue weighted by Crippen LogP contribution is -2.14. The normalized spacial score (nSPS) is 13.2. The van der Waals surface area contributed by atoms with Crippen LogP contribution in [0, 0.1) is 0 Å². The van der Waals surface area contributed by atoms with Crippen LogP contribution in [-0.4, -0.2) is 33.7 Å². The second-order valence-corrected chi connectivity index (χ2v) is 4.78. The first-order valence-electron chi connectivity index (χ1n) is 6.86. The Hall–Kier alpha value is -2.93. The summed E-state index contributed by atoms with van der Waals surface area (Å²) in [5.41, 5.74) is 10.1. The van der Waals surface area contributed by atoms with E-state index in [0.29, 0.717) is 18.8 Å². The summed E-state index contributed by atoms with van der Waals surface area (Å²) in [6.45, 7) is 1.34. The van der Waals surface area contributed by atoms with E-state index in [1.165, 1.54) is 0 Å². The molecule has 0 saturated heterocycles. The molecule has 7 nitrogen and oxygen atoms in total. The zero-order valence-electron chi connectivity index (χ0n) is 12.2. The highest BCUT2D eigenvalue weighted by atomic mass is 16.5. The summed E-state index contributed by atoms with van der Waals surface area (Å²) in [6, 6.07) is 7.98. The van der Waals surface area contributed by atoms with Crippen LogP contribution in [0.3, 0.4) is 0 Å². The van der Waals surface area contributed by atoms with Crippen molar-refractivity contribution in [3.05, 3.63) is 47.7 Å². The molecule has 1 aromatic heterocycles. The predicted octanol–water partition coefficient (Wildman–Crippen LogP) is 1.60. The number of para-hydroxylation sites is 1. The zero-order chi connectivity index (χ0) is 16.8. The van der Waals surface area contributed by atoms with E-state index in [4.69, 9.17) is 20.7 Å². The molecule has 23 heavy (non-hydrogen) atoms. The molecule has 3 rings (SSSR count). The number of hydrogen-bond acceptors (Lipinski definition) is 5. The Labute approximate surface area is 132 Å². The number of rotatable bonds is 2. The standard InChI is InChI=1S/C12H12N2O.C4H4O4/c13-12-8-3-1-2-4-10(8)14-11-5-6-15-7-9(11)12;5-3(6)1-2-4(7)8/h1-4H,5-7H2,(H2,13,14);1-2H,(H,5,6)(H,7,8)/b;2-1+. The largest absolute Gasteiger partial charge is 0.478 e. The van der Waals surface area contributed by atoms with E-state index in [1.807, 2.05) is 24.3 Å². The Balaban J connectivity index is 0.000000207. The van der Waals surface area contributed by atoms with E-state index in [1.54, 1.807) is 0 Å². The van der Waals surface area contributed by atoms with E-state index >= 15 is 0 Å². The van der Waals surface area contributed by atoms with Crippen molar-refractivity contribution in [3.63, 3.8) is 0 Å². The van der Waals surface area contributed by atoms with Crippen molar-refractivity contribution in [1.82, 2.24) is 4.98 Å². The highest BCUT2D eigenvalue weighted by molar-refractivity contribution is 5.92. The number of carboxylic acid groups (broad SMARTS) is 2. The number of hydrogen-bond donors (Lipinski definition) is 3. The summed E-state index contributed by atoms with van der Waals surface area (Å²) in [4.78, 5) is 23.7. The van der Waals surface area contributed by atoms with Crippen LogP contribution < -0.4 is 5.73 Å². The number of anilines is 1. The number of nitrogens with two attached hydrogens (primary N) is 1. The fraction of sp³-hybridized carbons (Fsp3) is 0.188. The maximum absolute atomic E-state index is 9.55. The van der Waals surface area contributed by atoms with Crippen LogP contribution in [0.25, 0.3) is 10.9 Å². The first kappa shape index (κ1) is 16.4. The van der Waals surface area contributed by atoms with Gasteiger partial charge in [-0.3, -0.25) is 4.98 Å². The Bertz CT molecular complexity index is 754. The molecule has 0 unspecified atom stereocenters. The van der Waals surface area contributed by atoms with Crippen molar-refractivity contribution in [2.45, 2.75) is 13.0 Å². The van der Waals surface area contributed by atoms with Gasteiger partial charge >= 0.3 is 11.9 Å². The van der Waals surface area contributed by atoms with Crippen molar-refractivity contribution in [3.8, 4) is 0 Å². The third-order valence-corrected chi connectivity index (χ3v) is 3.22. The zero-order valence-corrected chi connectivity index (χ0v) is 12.2. The topological polar surface area (TPSA) is 123 Å². The van der Waals surface area contributed by atoms with Crippen molar-refractivity contribution in [2.75, 3.05) is 12.3 Å². The molecule has 2 heterocycles. The molecule has 0 fully saturated rings. The highest BCUT2D eigenvalue weighted by Crippen LogP contribution is 2.28. The lowest BCUT2D eigenvalue weighted by atomic mass is 10.0. The van der Waals surface area contributed by atoms with Crippen LogP contribution in [-0.2, 0) is 27.4 Å². The molecule has 0 amide bonds. The molecule has 120 valence electrons. The number of nitrogens with zero attached hydrogens (tertiary/aromatic N) is 1.